The molecular weight excluding hydrogens is 272 g/mol. The number of benzene rings is 1. The van der Waals surface area contributed by atoms with Crippen molar-refractivity contribution in [2.45, 2.75) is 32.9 Å². The van der Waals surface area contributed by atoms with Gasteiger partial charge in [0.05, 0.1) is 11.5 Å². The van der Waals surface area contributed by atoms with Crippen LogP contribution in [0.3, 0.4) is 0 Å². The van der Waals surface area contributed by atoms with Gasteiger partial charge in [-0.3, -0.25) is 0 Å². The molecule has 4 nitrogen and oxygen atoms in total. The van der Waals surface area contributed by atoms with Crippen molar-refractivity contribution in [1.29, 1.82) is 0 Å². The van der Waals surface area contributed by atoms with E-state index in [0.29, 0.717) is 13.1 Å². The second-order valence-corrected chi connectivity index (χ2v) is 8.67. The van der Waals surface area contributed by atoms with Crippen LogP contribution >= 0.6 is 0 Å². The van der Waals surface area contributed by atoms with Crippen LogP contribution in [0.5, 0.6) is 0 Å². The van der Waals surface area contributed by atoms with E-state index in [4.69, 9.17) is 0 Å². The Hall–Kier alpha value is -1.07. The largest absolute Gasteiger partial charge is 0.369 e. The second-order valence-electron chi connectivity index (χ2n) is 6.37. The van der Waals surface area contributed by atoms with Gasteiger partial charge in [0, 0.05) is 30.9 Å². The minimum atomic E-state index is -2.83. The lowest BCUT2D eigenvalue weighted by Crippen LogP contribution is -2.41. The molecule has 1 fully saturated rings. The summed E-state index contributed by atoms with van der Waals surface area (Å²) in [5.41, 5.74) is 2.44. The van der Waals surface area contributed by atoms with Crippen molar-refractivity contribution >= 4 is 15.5 Å². The maximum atomic E-state index is 11.5. The van der Waals surface area contributed by atoms with Crippen molar-refractivity contribution in [2.75, 3.05) is 29.5 Å². The average molecular weight is 296 g/mol. The van der Waals surface area contributed by atoms with Gasteiger partial charge in [-0.15, -0.1) is 0 Å². The minimum Gasteiger partial charge on any atom is -0.369 e. The first kappa shape index (κ1) is 15.3. The lowest BCUT2D eigenvalue weighted by atomic mass is 10.1. The van der Waals surface area contributed by atoms with Crippen molar-refractivity contribution < 1.29 is 8.42 Å². The first-order valence-corrected chi connectivity index (χ1v) is 8.87. The highest BCUT2D eigenvalue weighted by molar-refractivity contribution is 7.91. The highest BCUT2D eigenvalue weighted by Gasteiger charge is 2.23. The molecule has 0 saturated carbocycles. The average Bonchev–Trinajstić information content (AvgIpc) is 2.36. The van der Waals surface area contributed by atoms with E-state index in [2.05, 4.69) is 43.1 Å². The molecule has 1 heterocycles. The molecule has 0 aromatic heterocycles. The Balaban J connectivity index is 2.12. The Morgan fingerprint density at radius 2 is 1.75 bits per heavy atom. The molecule has 0 atom stereocenters. The standard InChI is InChI=1S/C15H24N2O2S/c1-15(2,3)16-12-13-6-4-5-7-14(13)17-8-10-20(18,19)11-9-17/h4-7,16H,8-12H2,1-3H3. The molecule has 1 aromatic carbocycles. The molecule has 1 N–H and O–H groups in total. The Morgan fingerprint density at radius 1 is 1.15 bits per heavy atom. The molecule has 1 saturated heterocycles. The van der Waals surface area contributed by atoms with Gasteiger partial charge in [0.1, 0.15) is 0 Å². The normalized spacial score (nSPS) is 19.1. The van der Waals surface area contributed by atoms with Gasteiger partial charge >= 0.3 is 0 Å². The zero-order chi connectivity index (χ0) is 14.8. The van der Waals surface area contributed by atoms with Gasteiger partial charge in [0.25, 0.3) is 0 Å². The predicted octanol–water partition coefficient (Wildman–Crippen LogP) is 1.81. The van der Waals surface area contributed by atoms with Crippen LogP contribution < -0.4 is 10.2 Å². The Bertz CT molecular complexity index is 547. The van der Waals surface area contributed by atoms with Crippen LogP contribution in [0.25, 0.3) is 0 Å². The maximum Gasteiger partial charge on any atom is 0.153 e. The summed E-state index contributed by atoms with van der Waals surface area (Å²) in [5.74, 6) is 0.516. The Kier molecular flexibility index (Phi) is 4.39. The quantitative estimate of drug-likeness (QED) is 0.924. The fraction of sp³-hybridized carbons (Fsp3) is 0.600. The molecule has 0 radical (unpaired) electrons. The van der Waals surface area contributed by atoms with E-state index in [0.717, 1.165) is 12.2 Å². The van der Waals surface area contributed by atoms with E-state index in [1.54, 1.807) is 0 Å². The molecular formula is C15H24N2O2S. The summed E-state index contributed by atoms with van der Waals surface area (Å²) in [4.78, 5) is 2.18. The maximum absolute atomic E-state index is 11.5. The van der Waals surface area contributed by atoms with E-state index in [9.17, 15) is 8.42 Å². The number of nitrogens with zero attached hydrogens (tertiary/aromatic N) is 1. The monoisotopic (exact) mass is 296 g/mol. The van der Waals surface area contributed by atoms with E-state index in [1.165, 1.54) is 5.56 Å². The summed E-state index contributed by atoms with van der Waals surface area (Å²) in [6, 6.07) is 8.23. The topological polar surface area (TPSA) is 49.4 Å². The molecule has 2 rings (SSSR count). The third-order valence-electron chi connectivity index (χ3n) is 3.49. The summed E-state index contributed by atoms with van der Waals surface area (Å²) >= 11 is 0. The first-order chi connectivity index (χ1) is 9.27. The van der Waals surface area contributed by atoms with Crippen LogP contribution in [0.2, 0.25) is 0 Å². The molecule has 112 valence electrons. The molecule has 0 spiro atoms. The number of anilines is 1. The Morgan fingerprint density at radius 3 is 2.35 bits per heavy atom. The number of rotatable bonds is 3. The van der Waals surface area contributed by atoms with E-state index >= 15 is 0 Å². The lowest BCUT2D eigenvalue weighted by molar-refractivity contribution is 0.424. The fourth-order valence-electron chi connectivity index (χ4n) is 2.28. The summed E-state index contributed by atoms with van der Waals surface area (Å²) < 4.78 is 23.1. The second kappa shape index (κ2) is 5.74. The molecule has 1 aromatic rings. The van der Waals surface area contributed by atoms with Gasteiger partial charge in [-0.1, -0.05) is 18.2 Å². The van der Waals surface area contributed by atoms with Crippen molar-refractivity contribution in [3.63, 3.8) is 0 Å². The molecule has 1 aliphatic heterocycles. The zero-order valence-corrected chi connectivity index (χ0v) is 13.3. The minimum absolute atomic E-state index is 0.0678. The van der Waals surface area contributed by atoms with Crippen molar-refractivity contribution in [3.05, 3.63) is 29.8 Å². The number of hydrogen-bond donors (Lipinski definition) is 1. The summed E-state index contributed by atoms with van der Waals surface area (Å²) in [6.45, 7) is 8.40. The lowest BCUT2D eigenvalue weighted by Gasteiger charge is -2.31. The van der Waals surface area contributed by atoms with Crippen LogP contribution in [-0.4, -0.2) is 38.6 Å². The number of nitrogens with one attached hydrogen (secondary N) is 1. The number of para-hydroxylation sites is 1. The van der Waals surface area contributed by atoms with E-state index < -0.39 is 9.84 Å². The van der Waals surface area contributed by atoms with Crippen LogP contribution in [-0.2, 0) is 16.4 Å². The van der Waals surface area contributed by atoms with Crippen molar-refractivity contribution in [2.24, 2.45) is 0 Å². The van der Waals surface area contributed by atoms with E-state index in [-0.39, 0.29) is 17.0 Å². The Labute approximate surface area is 122 Å². The molecule has 5 heteroatoms. The van der Waals surface area contributed by atoms with Gasteiger partial charge in [-0.2, -0.15) is 0 Å². The molecule has 0 unspecified atom stereocenters. The van der Waals surface area contributed by atoms with Crippen LogP contribution in [0.4, 0.5) is 5.69 Å². The fourth-order valence-corrected chi connectivity index (χ4v) is 3.48. The summed E-state index contributed by atoms with van der Waals surface area (Å²) in [5, 5.41) is 3.49. The zero-order valence-electron chi connectivity index (χ0n) is 12.5. The predicted molar refractivity (Wildman–Crippen MR) is 83.9 cm³/mol. The first-order valence-electron chi connectivity index (χ1n) is 7.05. The number of sulfone groups is 1. The molecule has 0 amide bonds. The van der Waals surface area contributed by atoms with Crippen molar-refractivity contribution in [3.8, 4) is 0 Å². The third-order valence-corrected chi connectivity index (χ3v) is 5.10. The molecule has 0 bridgehead atoms. The molecule has 1 aliphatic rings. The molecule has 0 aliphatic carbocycles. The van der Waals surface area contributed by atoms with Gasteiger partial charge in [-0.25, -0.2) is 8.42 Å². The van der Waals surface area contributed by atoms with Crippen LogP contribution in [0, 0.1) is 0 Å². The third kappa shape index (κ3) is 4.21. The van der Waals surface area contributed by atoms with Gasteiger partial charge in [0.15, 0.2) is 9.84 Å². The van der Waals surface area contributed by atoms with Crippen LogP contribution in [0.15, 0.2) is 24.3 Å². The van der Waals surface area contributed by atoms with Gasteiger partial charge in [0.2, 0.25) is 0 Å². The highest BCUT2D eigenvalue weighted by Crippen LogP contribution is 2.22. The number of hydrogen-bond acceptors (Lipinski definition) is 4. The van der Waals surface area contributed by atoms with E-state index in [1.807, 2.05) is 12.1 Å². The van der Waals surface area contributed by atoms with Crippen LogP contribution in [0.1, 0.15) is 26.3 Å². The van der Waals surface area contributed by atoms with Gasteiger partial charge < -0.3 is 10.2 Å². The SMILES string of the molecule is CC(C)(C)NCc1ccccc1N1CCS(=O)(=O)CC1. The van der Waals surface area contributed by atoms with Gasteiger partial charge in [-0.05, 0) is 32.4 Å². The summed E-state index contributed by atoms with van der Waals surface area (Å²) in [6.07, 6.45) is 0. The molecule has 20 heavy (non-hydrogen) atoms. The summed E-state index contributed by atoms with van der Waals surface area (Å²) in [7, 11) is -2.83. The van der Waals surface area contributed by atoms with Crippen molar-refractivity contribution in [1.82, 2.24) is 5.32 Å². The highest BCUT2D eigenvalue weighted by atomic mass is 32.2. The smallest absolute Gasteiger partial charge is 0.153 e.